The van der Waals surface area contributed by atoms with Gasteiger partial charge in [0.2, 0.25) is 5.95 Å². The molecule has 0 spiro atoms. The maximum absolute atomic E-state index is 12.1. The number of nitrogens with zero attached hydrogens (tertiary/aromatic N) is 5. The Morgan fingerprint density at radius 1 is 1.32 bits per heavy atom. The molecule has 9 nitrogen and oxygen atoms in total. The summed E-state index contributed by atoms with van der Waals surface area (Å²) in [7, 11) is 0. The first kappa shape index (κ1) is 18.9. The number of alkyl carbamates (subject to hydrolysis) is 1. The van der Waals surface area contributed by atoms with Crippen LogP contribution in [0.4, 0.5) is 10.7 Å². The number of amides is 1. The lowest BCUT2D eigenvalue weighted by Crippen LogP contribution is -2.51. The number of fused-ring (bicyclic) bond motifs is 3. The maximum Gasteiger partial charge on any atom is 0.407 e. The molecule has 28 heavy (non-hydrogen) atoms. The molecular weight excluding hydrogens is 426 g/mol. The van der Waals surface area contributed by atoms with Crippen LogP contribution in [0.3, 0.4) is 0 Å². The van der Waals surface area contributed by atoms with Crippen molar-refractivity contribution in [2.24, 2.45) is 0 Å². The fourth-order valence-electron chi connectivity index (χ4n) is 4.18. The number of aromatic nitrogens is 4. The minimum atomic E-state index is -0.515. The molecule has 1 amide bonds. The van der Waals surface area contributed by atoms with Crippen LogP contribution in [0, 0.1) is 11.3 Å². The number of aromatic amines is 1. The molecule has 2 bridgehead atoms. The number of halogens is 1. The van der Waals surface area contributed by atoms with Crippen LogP contribution in [0.5, 0.6) is 0 Å². The summed E-state index contributed by atoms with van der Waals surface area (Å²) in [4.78, 5) is 23.4. The summed E-state index contributed by atoms with van der Waals surface area (Å²) in [6.45, 7) is 5.56. The number of carbonyl (C=O) groups is 1. The number of H-pyrrole nitrogens is 1. The molecule has 2 saturated heterocycles. The van der Waals surface area contributed by atoms with E-state index in [-0.39, 0.29) is 24.2 Å². The Morgan fingerprint density at radius 3 is 2.61 bits per heavy atom. The Labute approximate surface area is 171 Å². The van der Waals surface area contributed by atoms with E-state index in [0.29, 0.717) is 27.3 Å². The summed E-state index contributed by atoms with van der Waals surface area (Å²) in [6.07, 6.45) is 3.23. The Hall–Kier alpha value is -2.41. The van der Waals surface area contributed by atoms with Crippen LogP contribution in [0.1, 0.15) is 52.1 Å². The number of nitrogens with one attached hydrogen (secondary N) is 2. The predicted octanol–water partition coefficient (Wildman–Crippen LogP) is 3.01. The van der Waals surface area contributed by atoms with Gasteiger partial charge in [0.05, 0.1) is 5.39 Å². The largest absolute Gasteiger partial charge is 0.444 e. The van der Waals surface area contributed by atoms with Crippen molar-refractivity contribution in [3.8, 4) is 6.07 Å². The second-order valence-electron chi connectivity index (χ2n) is 8.33. The highest BCUT2D eigenvalue weighted by Gasteiger charge is 2.43. The number of carbonyl (C=O) groups excluding carboxylic acids is 1. The Morgan fingerprint density at radius 2 is 2.00 bits per heavy atom. The second kappa shape index (κ2) is 6.88. The zero-order valence-corrected chi connectivity index (χ0v) is 17.6. The highest BCUT2D eigenvalue weighted by molar-refractivity contribution is 9.10. The molecule has 2 fully saturated rings. The summed E-state index contributed by atoms with van der Waals surface area (Å²) in [5.74, 6) is 0.545. The summed E-state index contributed by atoms with van der Waals surface area (Å²) in [5, 5.41) is 20.0. The molecule has 2 aromatic rings. The van der Waals surface area contributed by atoms with Gasteiger partial charge in [0.15, 0.2) is 11.3 Å². The van der Waals surface area contributed by atoms with Gasteiger partial charge in [-0.1, -0.05) is 0 Å². The Balaban J connectivity index is 1.54. The molecule has 3 atom stereocenters. The van der Waals surface area contributed by atoms with E-state index in [4.69, 9.17) is 4.74 Å². The van der Waals surface area contributed by atoms with Crippen molar-refractivity contribution in [2.45, 2.75) is 70.2 Å². The predicted molar refractivity (Wildman–Crippen MR) is 106 cm³/mol. The van der Waals surface area contributed by atoms with Gasteiger partial charge in [-0.15, -0.1) is 0 Å². The van der Waals surface area contributed by atoms with Crippen LogP contribution >= 0.6 is 15.9 Å². The normalized spacial score (nSPS) is 24.2. The third-order valence-electron chi connectivity index (χ3n) is 5.15. The van der Waals surface area contributed by atoms with Crippen molar-refractivity contribution in [3.05, 3.63) is 10.3 Å². The first-order valence-electron chi connectivity index (χ1n) is 9.34. The lowest BCUT2D eigenvalue weighted by Gasteiger charge is -2.39. The van der Waals surface area contributed by atoms with Crippen molar-refractivity contribution in [3.63, 3.8) is 0 Å². The summed E-state index contributed by atoms with van der Waals surface area (Å²) < 4.78 is 5.92. The van der Waals surface area contributed by atoms with E-state index in [9.17, 15) is 10.1 Å². The second-order valence-corrected chi connectivity index (χ2v) is 9.08. The van der Waals surface area contributed by atoms with Gasteiger partial charge in [-0.05, 0) is 62.4 Å². The van der Waals surface area contributed by atoms with Gasteiger partial charge < -0.3 is 15.0 Å². The van der Waals surface area contributed by atoms with Crippen molar-refractivity contribution < 1.29 is 9.53 Å². The van der Waals surface area contributed by atoms with E-state index < -0.39 is 5.60 Å². The summed E-state index contributed by atoms with van der Waals surface area (Å²) in [5.41, 5.74) is 0.329. The molecule has 10 heteroatoms. The first-order chi connectivity index (χ1) is 13.2. The summed E-state index contributed by atoms with van der Waals surface area (Å²) >= 11 is 3.33. The lowest BCUT2D eigenvalue weighted by atomic mass is 9.98. The van der Waals surface area contributed by atoms with Crippen LogP contribution in [0.2, 0.25) is 0 Å². The van der Waals surface area contributed by atoms with Gasteiger partial charge in [0, 0.05) is 18.1 Å². The van der Waals surface area contributed by atoms with Crippen LogP contribution in [0.15, 0.2) is 4.60 Å². The molecule has 0 aromatic carbocycles. The number of nitriles is 1. The third kappa shape index (κ3) is 3.51. The van der Waals surface area contributed by atoms with Crippen LogP contribution in [-0.4, -0.2) is 50.0 Å². The highest BCUT2D eigenvalue weighted by atomic mass is 79.9. The van der Waals surface area contributed by atoms with Gasteiger partial charge in [-0.25, -0.2) is 9.78 Å². The number of hydrogen-bond donors (Lipinski definition) is 2. The van der Waals surface area contributed by atoms with E-state index >= 15 is 0 Å². The monoisotopic (exact) mass is 447 g/mol. The summed E-state index contributed by atoms with van der Waals surface area (Å²) in [6, 6.07) is 2.63. The fraction of sp³-hybridized carbons (Fsp3) is 0.611. The first-order valence-corrected chi connectivity index (χ1v) is 10.1. The van der Waals surface area contributed by atoms with Crippen molar-refractivity contribution >= 4 is 39.0 Å². The Kier molecular flexibility index (Phi) is 4.65. The number of anilines is 1. The number of rotatable bonds is 2. The van der Waals surface area contributed by atoms with E-state index in [1.54, 1.807) is 0 Å². The zero-order chi connectivity index (χ0) is 20.1. The molecular formula is C18H22BrN7O2. The zero-order valence-electron chi connectivity index (χ0n) is 16.0. The molecule has 2 aliphatic rings. The van der Waals surface area contributed by atoms with E-state index in [0.717, 1.165) is 25.7 Å². The lowest BCUT2D eigenvalue weighted by molar-refractivity contribution is 0.0492. The van der Waals surface area contributed by atoms with Crippen molar-refractivity contribution in [1.82, 2.24) is 25.5 Å². The molecule has 2 aliphatic heterocycles. The number of ether oxygens (including phenoxy) is 1. The molecule has 0 radical (unpaired) electrons. The molecule has 0 aliphatic carbocycles. The van der Waals surface area contributed by atoms with Crippen molar-refractivity contribution in [2.75, 3.05) is 4.90 Å². The molecule has 4 heterocycles. The topological polar surface area (TPSA) is 120 Å². The molecule has 0 unspecified atom stereocenters. The molecule has 4 rings (SSSR count). The fourth-order valence-corrected chi connectivity index (χ4v) is 4.64. The Bertz CT molecular complexity index is 947. The SMILES string of the molecule is CC(C)(C)OC(=O)N[C@H]1C[C@H]2CC[C@@H](C1)N2c1nc(C#N)c2c(Br)n[nH]c2n1. The van der Waals surface area contributed by atoms with Crippen LogP contribution in [0.25, 0.3) is 11.0 Å². The molecule has 2 aromatic heterocycles. The average Bonchev–Trinajstić information content (AvgIpc) is 3.10. The average molecular weight is 448 g/mol. The van der Waals surface area contributed by atoms with E-state index in [1.807, 2.05) is 20.8 Å². The van der Waals surface area contributed by atoms with Crippen LogP contribution < -0.4 is 10.2 Å². The number of piperidine rings is 1. The van der Waals surface area contributed by atoms with Gasteiger partial charge in [-0.2, -0.15) is 15.3 Å². The van der Waals surface area contributed by atoms with Gasteiger partial charge >= 0.3 is 6.09 Å². The van der Waals surface area contributed by atoms with Crippen molar-refractivity contribution in [1.29, 1.82) is 5.26 Å². The van der Waals surface area contributed by atoms with E-state index in [2.05, 4.69) is 52.4 Å². The standard InChI is InChI=1S/C18H22BrN7O2/c1-18(2,3)28-17(27)21-9-6-10-4-5-11(7-9)26(10)16-22-12(8-20)13-14(19)24-25-15(13)23-16/h9-11H,4-7H2,1-3H3,(H,21,27)(H,22,23,24,25)/t9-,10+,11-. The quantitative estimate of drug-likeness (QED) is 0.725. The molecule has 0 saturated carbocycles. The smallest absolute Gasteiger partial charge is 0.407 e. The van der Waals surface area contributed by atoms with Gasteiger partial charge in [-0.3, -0.25) is 5.10 Å². The van der Waals surface area contributed by atoms with Gasteiger partial charge in [0.25, 0.3) is 0 Å². The van der Waals surface area contributed by atoms with Gasteiger partial charge in [0.1, 0.15) is 16.3 Å². The highest BCUT2D eigenvalue weighted by Crippen LogP contribution is 2.39. The molecule has 148 valence electrons. The van der Waals surface area contributed by atoms with Crippen LogP contribution in [-0.2, 0) is 4.74 Å². The van der Waals surface area contributed by atoms with E-state index in [1.165, 1.54) is 0 Å². The maximum atomic E-state index is 12.1. The minimum absolute atomic E-state index is 0.0593. The third-order valence-corrected chi connectivity index (χ3v) is 5.73. The molecule has 2 N–H and O–H groups in total. The minimum Gasteiger partial charge on any atom is -0.444 e. The number of hydrogen-bond acceptors (Lipinski definition) is 7.